The molecule has 0 amide bonds. The van der Waals surface area contributed by atoms with E-state index in [1.165, 1.54) is 26.2 Å². The molecule has 150 valence electrons. The van der Waals surface area contributed by atoms with Gasteiger partial charge in [-0.05, 0) is 38.1 Å². The van der Waals surface area contributed by atoms with E-state index in [1.54, 1.807) is 12.1 Å². The van der Waals surface area contributed by atoms with Crippen molar-refractivity contribution in [1.82, 2.24) is 0 Å². The predicted molar refractivity (Wildman–Crippen MR) is 95.1 cm³/mol. The summed E-state index contributed by atoms with van der Waals surface area (Å²) in [4.78, 5) is 23.3. The first-order chi connectivity index (χ1) is 13.1. The van der Waals surface area contributed by atoms with Gasteiger partial charge >= 0.3 is 12.1 Å². The molecule has 2 aromatic rings. The monoisotopic (exact) mass is 416 g/mol. The maximum Gasteiger partial charge on any atom is 0.417 e. The highest BCUT2D eigenvalue weighted by atomic mass is 35.5. The highest BCUT2D eigenvalue weighted by Crippen LogP contribution is 2.42. The molecule has 1 atom stereocenters. The van der Waals surface area contributed by atoms with Crippen molar-refractivity contribution >= 4 is 23.4 Å². The first kappa shape index (κ1) is 21.6. The van der Waals surface area contributed by atoms with Gasteiger partial charge in [0.05, 0.1) is 23.3 Å². The first-order valence-electron chi connectivity index (χ1n) is 7.98. The van der Waals surface area contributed by atoms with E-state index >= 15 is 0 Å². The van der Waals surface area contributed by atoms with Gasteiger partial charge in [-0.15, -0.1) is 0 Å². The Kier molecular flexibility index (Phi) is 6.56. The van der Waals surface area contributed by atoms with Crippen LogP contribution in [0.25, 0.3) is 0 Å². The summed E-state index contributed by atoms with van der Waals surface area (Å²) in [5, 5.41) is -0.474. The summed E-state index contributed by atoms with van der Waals surface area (Å²) in [5.74, 6) is -1.41. The lowest BCUT2D eigenvalue weighted by molar-refractivity contribution is -0.148. The van der Waals surface area contributed by atoms with Gasteiger partial charge in [0.2, 0.25) is 0 Å². The molecule has 0 aliphatic heterocycles. The summed E-state index contributed by atoms with van der Waals surface area (Å²) in [6, 6.07) is 7.91. The normalized spacial score (nSPS) is 12.2. The van der Waals surface area contributed by atoms with E-state index in [9.17, 15) is 22.8 Å². The zero-order valence-electron chi connectivity index (χ0n) is 15.1. The molecule has 0 spiro atoms. The smallest absolute Gasteiger partial charge is 0.417 e. The Hall–Kier alpha value is -2.74. The fourth-order valence-corrected chi connectivity index (χ4v) is 2.71. The van der Waals surface area contributed by atoms with Crippen molar-refractivity contribution in [2.24, 2.45) is 0 Å². The van der Waals surface area contributed by atoms with Gasteiger partial charge < -0.3 is 14.2 Å². The fourth-order valence-electron chi connectivity index (χ4n) is 2.37. The molecular weight excluding hydrogens is 401 g/mol. The number of ketones is 1. The van der Waals surface area contributed by atoms with Crippen LogP contribution in [-0.4, -0.2) is 25.0 Å². The second-order valence-corrected chi connectivity index (χ2v) is 6.06. The zero-order valence-corrected chi connectivity index (χ0v) is 15.9. The van der Waals surface area contributed by atoms with Crippen LogP contribution in [0, 0.1) is 0 Å². The zero-order chi connectivity index (χ0) is 21.1. The molecule has 0 bridgehead atoms. The second kappa shape index (κ2) is 8.52. The molecule has 0 saturated carbocycles. The van der Waals surface area contributed by atoms with E-state index in [2.05, 4.69) is 4.74 Å². The van der Waals surface area contributed by atoms with Crippen LogP contribution in [0.15, 0.2) is 36.4 Å². The standard InChI is InChI=1S/C19H16ClF3O5/c1-10(24)16-12(19(21,22)23)8-9-15(17(16)20)28-14-7-5-4-6-13(14)27-11(2)18(25)26-3/h4-9,11H,1-3H3. The maximum atomic E-state index is 13.1. The Morgan fingerprint density at radius 1 is 1.04 bits per heavy atom. The first-order valence-corrected chi connectivity index (χ1v) is 8.36. The molecule has 1 unspecified atom stereocenters. The molecule has 0 saturated heterocycles. The van der Waals surface area contributed by atoms with Gasteiger partial charge in [0.15, 0.2) is 23.4 Å². The molecule has 0 aliphatic carbocycles. The summed E-state index contributed by atoms with van der Waals surface area (Å²) in [7, 11) is 1.20. The number of halogens is 4. The SMILES string of the molecule is COC(=O)C(C)Oc1ccccc1Oc1ccc(C(F)(F)F)c(C(C)=O)c1Cl. The quantitative estimate of drug-likeness (QED) is 0.472. The third-order valence-corrected chi connectivity index (χ3v) is 4.05. The van der Waals surface area contributed by atoms with Crippen LogP contribution in [-0.2, 0) is 15.7 Å². The summed E-state index contributed by atoms with van der Waals surface area (Å²) in [5.41, 5.74) is -1.84. The molecule has 0 aliphatic rings. The van der Waals surface area contributed by atoms with Crippen LogP contribution in [0.2, 0.25) is 5.02 Å². The number of para-hydroxylation sites is 2. The van der Waals surface area contributed by atoms with Gasteiger partial charge in [0, 0.05) is 0 Å². The van der Waals surface area contributed by atoms with Crippen molar-refractivity contribution in [2.75, 3.05) is 7.11 Å². The molecule has 0 aromatic heterocycles. The maximum absolute atomic E-state index is 13.1. The number of carbonyl (C=O) groups is 2. The number of alkyl halides is 3. The van der Waals surface area contributed by atoms with Crippen molar-refractivity contribution in [1.29, 1.82) is 0 Å². The van der Waals surface area contributed by atoms with E-state index in [4.69, 9.17) is 21.1 Å². The van der Waals surface area contributed by atoms with E-state index in [0.717, 1.165) is 19.1 Å². The van der Waals surface area contributed by atoms with Crippen molar-refractivity contribution in [3.8, 4) is 17.2 Å². The van der Waals surface area contributed by atoms with Gasteiger partial charge in [-0.25, -0.2) is 4.79 Å². The number of hydrogen-bond donors (Lipinski definition) is 0. The highest BCUT2D eigenvalue weighted by molar-refractivity contribution is 6.35. The Labute approximate surface area is 164 Å². The summed E-state index contributed by atoms with van der Waals surface area (Å²) in [6.07, 6.45) is -5.70. The highest BCUT2D eigenvalue weighted by Gasteiger charge is 2.36. The van der Waals surface area contributed by atoms with Crippen LogP contribution >= 0.6 is 11.6 Å². The average molecular weight is 417 g/mol. The van der Waals surface area contributed by atoms with E-state index in [0.29, 0.717) is 0 Å². The van der Waals surface area contributed by atoms with Crippen molar-refractivity contribution in [3.05, 3.63) is 52.5 Å². The Balaban J connectivity index is 2.43. The number of methoxy groups -OCH3 is 1. The minimum Gasteiger partial charge on any atom is -0.475 e. The van der Waals surface area contributed by atoms with Crippen molar-refractivity contribution < 1.29 is 37.0 Å². The molecule has 28 heavy (non-hydrogen) atoms. The van der Waals surface area contributed by atoms with Gasteiger partial charge in [0.25, 0.3) is 0 Å². The van der Waals surface area contributed by atoms with E-state index < -0.39 is 40.2 Å². The van der Waals surface area contributed by atoms with Crippen LogP contribution in [0.5, 0.6) is 17.2 Å². The molecule has 9 heteroatoms. The van der Waals surface area contributed by atoms with E-state index in [-0.39, 0.29) is 17.2 Å². The summed E-state index contributed by atoms with van der Waals surface area (Å²) < 4.78 is 55.1. The van der Waals surface area contributed by atoms with Gasteiger partial charge in [0.1, 0.15) is 5.75 Å². The van der Waals surface area contributed by atoms with Crippen LogP contribution in [0.3, 0.4) is 0 Å². The lowest BCUT2D eigenvalue weighted by Gasteiger charge is -2.18. The van der Waals surface area contributed by atoms with Crippen molar-refractivity contribution in [3.63, 3.8) is 0 Å². The fraction of sp³-hybridized carbons (Fsp3) is 0.263. The van der Waals surface area contributed by atoms with Crippen LogP contribution < -0.4 is 9.47 Å². The number of esters is 1. The van der Waals surface area contributed by atoms with E-state index in [1.807, 2.05) is 0 Å². The number of hydrogen-bond acceptors (Lipinski definition) is 5. The van der Waals surface area contributed by atoms with Gasteiger partial charge in [-0.2, -0.15) is 13.2 Å². The molecule has 2 aromatic carbocycles. The molecule has 0 heterocycles. The number of ether oxygens (including phenoxy) is 3. The molecule has 0 fully saturated rings. The van der Waals surface area contributed by atoms with Crippen molar-refractivity contribution in [2.45, 2.75) is 26.1 Å². The summed E-state index contributed by atoms with van der Waals surface area (Å²) >= 11 is 6.04. The Bertz CT molecular complexity index is 896. The molecular formula is C19H16ClF3O5. The molecule has 2 rings (SSSR count). The van der Waals surface area contributed by atoms with Gasteiger partial charge in [-0.1, -0.05) is 23.7 Å². The minimum atomic E-state index is -4.75. The third-order valence-electron chi connectivity index (χ3n) is 3.67. The number of rotatable bonds is 6. The molecule has 5 nitrogen and oxygen atoms in total. The average Bonchev–Trinajstić information content (AvgIpc) is 2.62. The number of benzene rings is 2. The minimum absolute atomic E-state index is 0.0920. The lowest BCUT2D eigenvalue weighted by atomic mass is 10.0. The number of carbonyl (C=O) groups excluding carboxylic acids is 2. The second-order valence-electron chi connectivity index (χ2n) is 5.69. The van der Waals surface area contributed by atoms with Crippen LogP contribution in [0.1, 0.15) is 29.8 Å². The third kappa shape index (κ3) is 4.75. The lowest BCUT2D eigenvalue weighted by Crippen LogP contribution is -2.25. The number of Topliss-reactive ketones (excluding diaryl/α,β-unsaturated/α-hetero) is 1. The Morgan fingerprint density at radius 2 is 1.64 bits per heavy atom. The topological polar surface area (TPSA) is 61.8 Å². The summed E-state index contributed by atoms with van der Waals surface area (Å²) in [6.45, 7) is 2.44. The molecule has 0 radical (unpaired) electrons. The predicted octanol–water partition coefficient (Wildman–Crippen LogP) is 5.29. The largest absolute Gasteiger partial charge is 0.475 e. The Morgan fingerprint density at radius 3 is 2.18 bits per heavy atom. The van der Waals surface area contributed by atoms with Gasteiger partial charge in [-0.3, -0.25) is 4.79 Å². The molecule has 0 N–H and O–H groups in total. The van der Waals surface area contributed by atoms with Crippen LogP contribution in [0.4, 0.5) is 13.2 Å².